The first-order valence-corrected chi connectivity index (χ1v) is 6.09. The first-order valence-electron chi connectivity index (χ1n) is 6.09. The SMILES string of the molecule is CCCCC(=O)N(CC)CCC(=O)OCC. The number of ether oxygens (including phenoxy) is 1. The molecule has 0 heterocycles. The molecule has 0 aliphatic rings. The summed E-state index contributed by atoms with van der Waals surface area (Å²) in [7, 11) is 0. The van der Waals surface area contributed by atoms with Crippen LogP contribution in [0.15, 0.2) is 0 Å². The van der Waals surface area contributed by atoms with Gasteiger partial charge in [-0.2, -0.15) is 0 Å². The Morgan fingerprint density at radius 2 is 1.81 bits per heavy atom. The molecule has 0 bridgehead atoms. The van der Waals surface area contributed by atoms with E-state index in [0.717, 1.165) is 12.8 Å². The Kier molecular flexibility index (Phi) is 8.58. The first-order chi connectivity index (χ1) is 7.65. The Morgan fingerprint density at radius 1 is 1.12 bits per heavy atom. The molecule has 0 radical (unpaired) electrons. The summed E-state index contributed by atoms with van der Waals surface area (Å²) in [4.78, 5) is 24.5. The van der Waals surface area contributed by atoms with Gasteiger partial charge in [-0.15, -0.1) is 0 Å². The fraction of sp³-hybridized carbons (Fsp3) is 0.833. The van der Waals surface area contributed by atoms with Crippen LogP contribution in [-0.2, 0) is 14.3 Å². The molecule has 16 heavy (non-hydrogen) atoms. The van der Waals surface area contributed by atoms with Gasteiger partial charge in [-0.3, -0.25) is 9.59 Å². The molecule has 94 valence electrons. The minimum atomic E-state index is -0.232. The van der Waals surface area contributed by atoms with Gasteiger partial charge in [-0.1, -0.05) is 13.3 Å². The van der Waals surface area contributed by atoms with Crippen molar-refractivity contribution in [2.24, 2.45) is 0 Å². The predicted octanol–water partition coefficient (Wildman–Crippen LogP) is 1.98. The van der Waals surface area contributed by atoms with Crippen molar-refractivity contribution in [3.63, 3.8) is 0 Å². The van der Waals surface area contributed by atoms with E-state index < -0.39 is 0 Å². The molecule has 0 aliphatic heterocycles. The lowest BCUT2D eigenvalue weighted by atomic mass is 10.2. The van der Waals surface area contributed by atoms with Crippen LogP contribution >= 0.6 is 0 Å². The number of amides is 1. The highest BCUT2D eigenvalue weighted by molar-refractivity contribution is 5.77. The van der Waals surface area contributed by atoms with Gasteiger partial charge in [0, 0.05) is 19.5 Å². The van der Waals surface area contributed by atoms with Gasteiger partial charge in [0.1, 0.15) is 0 Å². The van der Waals surface area contributed by atoms with E-state index in [2.05, 4.69) is 6.92 Å². The van der Waals surface area contributed by atoms with Gasteiger partial charge in [0.2, 0.25) is 5.91 Å². The number of unbranched alkanes of at least 4 members (excludes halogenated alkanes) is 1. The van der Waals surface area contributed by atoms with Gasteiger partial charge in [0.05, 0.1) is 13.0 Å². The summed E-state index contributed by atoms with van der Waals surface area (Å²) in [6.07, 6.45) is 2.79. The number of hydrogen-bond acceptors (Lipinski definition) is 3. The minimum Gasteiger partial charge on any atom is -0.466 e. The number of esters is 1. The second kappa shape index (κ2) is 9.19. The molecule has 0 unspecified atom stereocenters. The summed E-state index contributed by atoms with van der Waals surface area (Å²) in [6.45, 7) is 7.29. The largest absolute Gasteiger partial charge is 0.466 e. The van der Waals surface area contributed by atoms with E-state index in [4.69, 9.17) is 4.74 Å². The van der Waals surface area contributed by atoms with Crippen LogP contribution in [0.25, 0.3) is 0 Å². The molecule has 0 saturated heterocycles. The van der Waals surface area contributed by atoms with Crippen molar-refractivity contribution >= 4 is 11.9 Å². The molecule has 0 aliphatic carbocycles. The third kappa shape index (κ3) is 6.43. The smallest absolute Gasteiger partial charge is 0.307 e. The van der Waals surface area contributed by atoms with Crippen LogP contribution in [0.3, 0.4) is 0 Å². The summed E-state index contributed by atoms with van der Waals surface area (Å²) in [6, 6.07) is 0. The molecule has 0 fully saturated rings. The topological polar surface area (TPSA) is 46.6 Å². The first kappa shape index (κ1) is 14.9. The van der Waals surface area contributed by atoms with E-state index in [1.807, 2.05) is 6.92 Å². The van der Waals surface area contributed by atoms with Gasteiger partial charge in [0.15, 0.2) is 0 Å². The lowest BCUT2D eigenvalue weighted by Gasteiger charge is -2.20. The highest BCUT2D eigenvalue weighted by Gasteiger charge is 2.12. The molecule has 1 amide bonds. The summed E-state index contributed by atoms with van der Waals surface area (Å²) in [5, 5.41) is 0. The van der Waals surface area contributed by atoms with Crippen molar-refractivity contribution in [3.8, 4) is 0 Å². The third-order valence-corrected chi connectivity index (χ3v) is 2.37. The highest BCUT2D eigenvalue weighted by Crippen LogP contribution is 2.02. The number of carbonyl (C=O) groups is 2. The van der Waals surface area contributed by atoms with Crippen LogP contribution < -0.4 is 0 Å². The predicted molar refractivity (Wildman–Crippen MR) is 63.0 cm³/mol. The Hall–Kier alpha value is -1.06. The van der Waals surface area contributed by atoms with Gasteiger partial charge in [-0.05, 0) is 20.3 Å². The van der Waals surface area contributed by atoms with E-state index in [0.29, 0.717) is 32.5 Å². The second-order valence-electron chi connectivity index (χ2n) is 3.63. The minimum absolute atomic E-state index is 0.133. The monoisotopic (exact) mass is 229 g/mol. The summed E-state index contributed by atoms with van der Waals surface area (Å²) < 4.78 is 4.82. The fourth-order valence-electron chi connectivity index (χ4n) is 1.40. The maximum atomic E-state index is 11.7. The summed E-state index contributed by atoms with van der Waals surface area (Å²) in [5.41, 5.74) is 0. The lowest BCUT2D eigenvalue weighted by molar-refractivity contribution is -0.144. The van der Waals surface area contributed by atoms with Crippen LogP contribution in [0.4, 0.5) is 0 Å². The average Bonchev–Trinajstić information content (AvgIpc) is 2.27. The molecule has 0 spiro atoms. The van der Waals surface area contributed by atoms with Crippen LogP contribution in [0, 0.1) is 0 Å². The van der Waals surface area contributed by atoms with Crippen LogP contribution in [0.1, 0.15) is 46.5 Å². The standard InChI is InChI=1S/C12H23NO3/c1-4-7-8-11(14)13(5-2)10-9-12(15)16-6-3/h4-10H2,1-3H3. The molecule has 4 heteroatoms. The van der Waals surface area contributed by atoms with Crippen LogP contribution in [0.2, 0.25) is 0 Å². The van der Waals surface area contributed by atoms with Gasteiger partial charge in [-0.25, -0.2) is 0 Å². The quantitative estimate of drug-likeness (QED) is 0.598. The van der Waals surface area contributed by atoms with Crippen molar-refractivity contribution in [3.05, 3.63) is 0 Å². The van der Waals surface area contributed by atoms with Crippen molar-refractivity contribution in [1.82, 2.24) is 4.90 Å². The van der Waals surface area contributed by atoms with Crippen molar-refractivity contribution < 1.29 is 14.3 Å². The molecule has 0 rings (SSSR count). The number of rotatable bonds is 8. The molecular weight excluding hydrogens is 206 g/mol. The molecule has 0 saturated carbocycles. The van der Waals surface area contributed by atoms with Crippen molar-refractivity contribution in [1.29, 1.82) is 0 Å². The molecule has 4 nitrogen and oxygen atoms in total. The molecular formula is C12H23NO3. The number of nitrogens with zero attached hydrogens (tertiary/aromatic N) is 1. The van der Waals surface area contributed by atoms with Gasteiger partial charge in [0.25, 0.3) is 0 Å². The average molecular weight is 229 g/mol. The van der Waals surface area contributed by atoms with E-state index >= 15 is 0 Å². The molecule has 0 N–H and O–H groups in total. The fourth-order valence-corrected chi connectivity index (χ4v) is 1.40. The molecule has 0 aromatic carbocycles. The Morgan fingerprint density at radius 3 is 2.31 bits per heavy atom. The zero-order chi connectivity index (χ0) is 12.4. The van der Waals surface area contributed by atoms with E-state index in [-0.39, 0.29) is 11.9 Å². The normalized spacial score (nSPS) is 9.94. The molecule has 0 aromatic rings. The Bertz CT molecular complexity index is 216. The molecule has 0 aromatic heterocycles. The van der Waals surface area contributed by atoms with Gasteiger partial charge >= 0.3 is 5.97 Å². The zero-order valence-corrected chi connectivity index (χ0v) is 10.6. The summed E-state index contributed by atoms with van der Waals surface area (Å²) in [5.74, 6) is -0.0992. The van der Waals surface area contributed by atoms with Crippen molar-refractivity contribution in [2.45, 2.75) is 46.5 Å². The highest BCUT2D eigenvalue weighted by atomic mass is 16.5. The third-order valence-electron chi connectivity index (χ3n) is 2.37. The molecule has 0 atom stereocenters. The van der Waals surface area contributed by atoms with E-state index in [9.17, 15) is 9.59 Å². The summed E-state index contributed by atoms with van der Waals surface area (Å²) >= 11 is 0. The zero-order valence-electron chi connectivity index (χ0n) is 10.6. The Balaban J connectivity index is 3.90. The maximum absolute atomic E-state index is 11.7. The van der Waals surface area contributed by atoms with Crippen LogP contribution in [0.5, 0.6) is 0 Å². The maximum Gasteiger partial charge on any atom is 0.307 e. The van der Waals surface area contributed by atoms with E-state index in [1.54, 1.807) is 11.8 Å². The lowest BCUT2D eigenvalue weighted by Crippen LogP contribution is -2.32. The van der Waals surface area contributed by atoms with Crippen LogP contribution in [-0.4, -0.2) is 36.5 Å². The Labute approximate surface area is 98.0 Å². The second-order valence-corrected chi connectivity index (χ2v) is 3.63. The van der Waals surface area contributed by atoms with E-state index in [1.165, 1.54) is 0 Å². The number of hydrogen-bond donors (Lipinski definition) is 0. The van der Waals surface area contributed by atoms with Gasteiger partial charge < -0.3 is 9.64 Å². The van der Waals surface area contributed by atoms with Crippen molar-refractivity contribution in [2.75, 3.05) is 19.7 Å². The number of carbonyl (C=O) groups excluding carboxylic acids is 2.